The first kappa shape index (κ1) is 19.4. The molecule has 1 amide bonds. The number of nitrogens with zero attached hydrogens (tertiary/aromatic N) is 4. The van der Waals surface area contributed by atoms with Gasteiger partial charge < -0.3 is 16.0 Å². The number of halogens is 1. The van der Waals surface area contributed by atoms with Crippen LogP contribution in [0.3, 0.4) is 0 Å². The normalized spacial score (nSPS) is 22.6. The Bertz CT molecular complexity index is 914. The molecule has 1 aromatic carbocycles. The van der Waals surface area contributed by atoms with Gasteiger partial charge in [-0.15, -0.1) is 0 Å². The monoisotopic (exact) mass is 396 g/mol. The molecule has 2 fully saturated rings. The molecule has 3 N–H and O–H groups in total. The number of rotatable bonds is 6. The van der Waals surface area contributed by atoms with Crippen LogP contribution in [0.4, 0.5) is 15.9 Å². The topological polar surface area (TPSA) is 100.0 Å². The summed E-state index contributed by atoms with van der Waals surface area (Å²) >= 11 is 0. The zero-order valence-electron chi connectivity index (χ0n) is 16.2. The van der Waals surface area contributed by atoms with Gasteiger partial charge in [0.05, 0.1) is 18.0 Å². The number of nitriles is 1. The zero-order chi connectivity index (χ0) is 20.4. The molecule has 1 aromatic heterocycles. The van der Waals surface area contributed by atoms with E-state index in [0.29, 0.717) is 18.1 Å². The maximum absolute atomic E-state index is 13.1. The first-order chi connectivity index (χ1) is 14.0. The Morgan fingerprint density at radius 2 is 2.07 bits per heavy atom. The van der Waals surface area contributed by atoms with Gasteiger partial charge in [-0.1, -0.05) is 6.42 Å². The highest BCUT2D eigenvalue weighted by molar-refractivity contribution is 5.98. The average Bonchev–Trinajstić information content (AvgIpc) is 3.10. The summed E-state index contributed by atoms with van der Waals surface area (Å²) in [7, 11) is 0. The quantitative estimate of drug-likeness (QED) is 0.782. The molecule has 0 radical (unpaired) electrons. The van der Waals surface area contributed by atoms with Crippen LogP contribution in [0.2, 0.25) is 0 Å². The molecule has 152 valence electrons. The number of likely N-dealkylation sites (tertiary alicyclic amines) is 1. The zero-order valence-corrected chi connectivity index (χ0v) is 16.2. The van der Waals surface area contributed by atoms with E-state index in [2.05, 4.69) is 21.4 Å². The first-order valence-electron chi connectivity index (χ1n) is 10.1. The van der Waals surface area contributed by atoms with Crippen molar-refractivity contribution in [2.75, 3.05) is 25.0 Å². The molecular weight excluding hydrogens is 371 g/mol. The van der Waals surface area contributed by atoms with E-state index in [9.17, 15) is 14.4 Å². The SMILES string of the molecule is N#CC1CN(CC2CCC2)CCC1n1cc(C(N)=O)c(Nc2ccc(F)cc2)n1. The minimum atomic E-state index is -0.600. The molecule has 0 spiro atoms. The Morgan fingerprint density at radius 3 is 2.69 bits per heavy atom. The van der Waals surface area contributed by atoms with Crippen molar-refractivity contribution >= 4 is 17.4 Å². The van der Waals surface area contributed by atoms with Gasteiger partial charge in [-0.25, -0.2) is 4.39 Å². The van der Waals surface area contributed by atoms with Crippen molar-refractivity contribution < 1.29 is 9.18 Å². The van der Waals surface area contributed by atoms with Crippen LogP contribution in [-0.2, 0) is 0 Å². The van der Waals surface area contributed by atoms with E-state index in [4.69, 9.17) is 5.73 Å². The fraction of sp³-hybridized carbons (Fsp3) is 0.476. The molecule has 2 aliphatic rings. The molecule has 2 unspecified atom stereocenters. The Labute approximate surface area is 169 Å². The molecule has 7 nitrogen and oxygen atoms in total. The van der Waals surface area contributed by atoms with Gasteiger partial charge in [0.1, 0.15) is 11.4 Å². The summed E-state index contributed by atoms with van der Waals surface area (Å²) in [6.45, 7) is 2.68. The van der Waals surface area contributed by atoms with Crippen LogP contribution in [0.15, 0.2) is 30.5 Å². The van der Waals surface area contributed by atoms with Crippen LogP contribution in [0.1, 0.15) is 42.1 Å². The highest BCUT2D eigenvalue weighted by atomic mass is 19.1. The van der Waals surface area contributed by atoms with Crippen molar-refractivity contribution in [2.45, 2.75) is 31.7 Å². The summed E-state index contributed by atoms with van der Waals surface area (Å²) in [5.41, 5.74) is 6.39. The van der Waals surface area contributed by atoms with E-state index < -0.39 is 5.91 Å². The summed E-state index contributed by atoms with van der Waals surface area (Å²) in [5, 5.41) is 17.3. The van der Waals surface area contributed by atoms with Gasteiger partial charge in [0, 0.05) is 31.5 Å². The number of carbonyl (C=O) groups is 1. The number of aromatic nitrogens is 2. The number of primary amides is 1. The summed E-state index contributed by atoms with van der Waals surface area (Å²) in [4.78, 5) is 14.3. The number of carbonyl (C=O) groups excluding carboxylic acids is 1. The predicted molar refractivity (Wildman–Crippen MR) is 107 cm³/mol. The van der Waals surface area contributed by atoms with Gasteiger partial charge in [0.2, 0.25) is 0 Å². The molecule has 29 heavy (non-hydrogen) atoms. The maximum atomic E-state index is 13.1. The largest absolute Gasteiger partial charge is 0.365 e. The number of hydrogen-bond donors (Lipinski definition) is 2. The molecule has 2 atom stereocenters. The second-order valence-electron chi connectivity index (χ2n) is 8.02. The lowest BCUT2D eigenvalue weighted by Crippen LogP contribution is -2.44. The second kappa shape index (κ2) is 8.21. The number of anilines is 2. The van der Waals surface area contributed by atoms with Gasteiger partial charge in [0.15, 0.2) is 5.82 Å². The van der Waals surface area contributed by atoms with Crippen LogP contribution < -0.4 is 11.1 Å². The highest BCUT2D eigenvalue weighted by Crippen LogP contribution is 2.33. The van der Waals surface area contributed by atoms with Crippen molar-refractivity contribution in [1.82, 2.24) is 14.7 Å². The minimum Gasteiger partial charge on any atom is -0.365 e. The van der Waals surface area contributed by atoms with E-state index in [1.807, 2.05) is 0 Å². The molecule has 0 bridgehead atoms. The number of amides is 1. The number of nitrogens with two attached hydrogens (primary N) is 1. The lowest BCUT2D eigenvalue weighted by atomic mass is 9.84. The van der Waals surface area contributed by atoms with Gasteiger partial charge in [-0.05, 0) is 49.4 Å². The third-order valence-electron chi connectivity index (χ3n) is 6.01. The van der Waals surface area contributed by atoms with Crippen molar-refractivity contribution in [2.24, 2.45) is 17.6 Å². The number of hydrogen-bond acceptors (Lipinski definition) is 5. The van der Waals surface area contributed by atoms with E-state index >= 15 is 0 Å². The van der Waals surface area contributed by atoms with Crippen molar-refractivity contribution in [3.05, 3.63) is 41.8 Å². The van der Waals surface area contributed by atoms with Crippen molar-refractivity contribution in [3.8, 4) is 6.07 Å². The van der Waals surface area contributed by atoms with Crippen molar-refractivity contribution in [3.63, 3.8) is 0 Å². The minimum absolute atomic E-state index is 0.112. The standard InChI is InChI=1S/C21H25FN6O/c22-16-4-6-17(7-5-16)25-21-18(20(24)29)13-28(26-21)19-8-9-27(12-15(19)10-23)11-14-2-1-3-14/h4-7,13-15,19H,1-3,8-9,11-12H2,(H2,24,29)(H,25,26). The molecule has 1 aliphatic heterocycles. The van der Waals surface area contributed by atoms with Crippen LogP contribution in [0.25, 0.3) is 0 Å². The smallest absolute Gasteiger partial charge is 0.254 e. The summed E-state index contributed by atoms with van der Waals surface area (Å²) in [6.07, 6.45) is 6.30. The van der Waals surface area contributed by atoms with Crippen molar-refractivity contribution in [1.29, 1.82) is 5.26 Å². The summed E-state index contributed by atoms with van der Waals surface area (Å²) < 4.78 is 14.8. The average molecular weight is 396 g/mol. The Morgan fingerprint density at radius 1 is 1.31 bits per heavy atom. The van der Waals surface area contributed by atoms with Crippen LogP contribution in [-0.4, -0.2) is 40.2 Å². The first-order valence-corrected chi connectivity index (χ1v) is 10.1. The Hall–Kier alpha value is -2.92. The van der Waals surface area contributed by atoms with Crippen LogP contribution >= 0.6 is 0 Å². The summed E-state index contributed by atoms with van der Waals surface area (Å²) in [6, 6.07) is 8.10. The molecule has 1 saturated carbocycles. The molecule has 1 aliphatic carbocycles. The number of benzene rings is 1. The van der Waals surface area contributed by atoms with Crippen LogP contribution in [0, 0.1) is 29.0 Å². The van der Waals surface area contributed by atoms with E-state index in [1.165, 1.54) is 31.4 Å². The molecule has 4 rings (SSSR count). The second-order valence-corrected chi connectivity index (χ2v) is 8.02. The molecule has 8 heteroatoms. The van der Waals surface area contributed by atoms with Gasteiger partial charge in [-0.2, -0.15) is 10.4 Å². The van der Waals surface area contributed by atoms with Crippen LogP contribution in [0.5, 0.6) is 0 Å². The molecule has 1 saturated heterocycles. The third kappa shape index (κ3) is 4.25. The molecule has 2 aromatic rings. The lowest BCUT2D eigenvalue weighted by molar-refractivity contribution is 0.0998. The molecular formula is C21H25FN6O. The highest BCUT2D eigenvalue weighted by Gasteiger charge is 2.33. The fourth-order valence-electron chi connectivity index (χ4n) is 4.16. The molecule has 2 heterocycles. The Balaban J connectivity index is 1.52. The van der Waals surface area contributed by atoms with E-state index in [1.54, 1.807) is 23.0 Å². The fourth-order valence-corrected chi connectivity index (χ4v) is 4.16. The predicted octanol–water partition coefficient (Wildman–Crippen LogP) is 3.05. The maximum Gasteiger partial charge on any atom is 0.254 e. The van der Waals surface area contributed by atoms with Gasteiger partial charge in [-0.3, -0.25) is 9.48 Å². The Kier molecular flexibility index (Phi) is 5.49. The van der Waals surface area contributed by atoms with E-state index in [-0.39, 0.29) is 23.3 Å². The lowest BCUT2D eigenvalue weighted by Gasteiger charge is -2.39. The van der Waals surface area contributed by atoms with Gasteiger partial charge >= 0.3 is 0 Å². The summed E-state index contributed by atoms with van der Waals surface area (Å²) in [5.74, 6) is -0.0668. The number of piperidine rings is 1. The van der Waals surface area contributed by atoms with Gasteiger partial charge in [0.25, 0.3) is 5.91 Å². The van der Waals surface area contributed by atoms with E-state index in [0.717, 1.165) is 25.4 Å². The number of nitrogens with one attached hydrogen (secondary N) is 1. The third-order valence-corrected chi connectivity index (χ3v) is 6.01.